The first-order chi connectivity index (χ1) is 10.2. The van der Waals surface area contributed by atoms with Gasteiger partial charge in [0.25, 0.3) is 0 Å². The van der Waals surface area contributed by atoms with Crippen molar-refractivity contribution in [2.75, 3.05) is 0 Å². The number of nitrogens with zero attached hydrogens (tertiary/aromatic N) is 2. The lowest BCUT2D eigenvalue weighted by Gasteiger charge is -2.02. The predicted molar refractivity (Wildman–Crippen MR) is 78.0 cm³/mol. The van der Waals surface area contributed by atoms with Crippen LogP contribution in [-0.2, 0) is 0 Å². The zero-order valence-electron chi connectivity index (χ0n) is 11.2. The molecule has 102 valence electrons. The second-order valence-electron chi connectivity index (χ2n) is 4.77. The van der Waals surface area contributed by atoms with Crippen molar-refractivity contribution in [2.45, 2.75) is 6.92 Å². The molecule has 5 nitrogen and oxygen atoms in total. The lowest BCUT2D eigenvalue weighted by Crippen LogP contribution is -2.01. The third-order valence-electron chi connectivity index (χ3n) is 3.43. The molecule has 5 heteroatoms. The fraction of sp³-hybridized carbons (Fsp3) is 0.0625. The molecule has 3 heterocycles. The van der Waals surface area contributed by atoms with Gasteiger partial charge in [-0.2, -0.15) is 0 Å². The van der Waals surface area contributed by atoms with Gasteiger partial charge in [0.2, 0.25) is 0 Å². The van der Waals surface area contributed by atoms with Crippen LogP contribution in [0.25, 0.3) is 33.4 Å². The van der Waals surface area contributed by atoms with E-state index in [0.717, 1.165) is 11.1 Å². The smallest absolute Gasteiger partial charge is 0.197 e. The molecular weight excluding hydrogens is 268 g/mol. The van der Waals surface area contributed by atoms with Crippen LogP contribution in [0.1, 0.15) is 5.69 Å². The maximum Gasteiger partial charge on any atom is 0.197 e. The fourth-order valence-corrected chi connectivity index (χ4v) is 2.40. The largest absolute Gasteiger partial charge is 0.454 e. The van der Waals surface area contributed by atoms with Gasteiger partial charge < -0.3 is 8.94 Å². The van der Waals surface area contributed by atoms with Crippen molar-refractivity contribution in [3.05, 3.63) is 58.5 Å². The average Bonchev–Trinajstić information content (AvgIpc) is 2.89. The highest BCUT2D eigenvalue weighted by Crippen LogP contribution is 2.27. The number of hydrogen-bond donors (Lipinski definition) is 0. The Morgan fingerprint density at radius 1 is 1.14 bits per heavy atom. The second-order valence-corrected chi connectivity index (χ2v) is 4.77. The second kappa shape index (κ2) is 4.28. The van der Waals surface area contributed by atoms with Crippen LogP contribution < -0.4 is 5.43 Å². The summed E-state index contributed by atoms with van der Waals surface area (Å²) in [6.07, 6.45) is 1.66. The summed E-state index contributed by atoms with van der Waals surface area (Å²) in [6, 6.07) is 10.5. The molecule has 0 saturated heterocycles. The number of fused-ring (bicyclic) bond motifs is 3. The molecule has 0 spiro atoms. The molecule has 0 N–H and O–H groups in total. The molecule has 0 saturated carbocycles. The highest BCUT2D eigenvalue weighted by Gasteiger charge is 2.14. The Morgan fingerprint density at radius 3 is 2.86 bits per heavy atom. The summed E-state index contributed by atoms with van der Waals surface area (Å²) < 4.78 is 11.1. The van der Waals surface area contributed by atoms with E-state index in [1.54, 1.807) is 18.3 Å². The Morgan fingerprint density at radius 2 is 2.05 bits per heavy atom. The maximum absolute atomic E-state index is 12.4. The first-order valence-corrected chi connectivity index (χ1v) is 6.48. The Balaban J connectivity index is 2.08. The highest BCUT2D eigenvalue weighted by molar-refractivity contribution is 6.02. The molecule has 4 rings (SSSR count). The first-order valence-electron chi connectivity index (χ1n) is 6.48. The third kappa shape index (κ3) is 1.74. The molecule has 4 aromatic rings. The van der Waals surface area contributed by atoms with Gasteiger partial charge in [-0.3, -0.25) is 9.78 Å². The Kier molecular flexibility index (Phi) is 2.41. The van der Waals surface area contributed by atoms with Gasteiger partial charge in [-0.1, -0.05) is 11.2 Å². The van der Waals surface area contributed by atoms with Gasteiger partial charge in [-0.05, 0) is 31.2 Å². The minimum Gasteiger partial charge on any atom is -0.454 e. The van der Waals surface area contributed by atoms with Gasteiger partial charge in [-0.15, -0.1) is 0 Å². The van der Waals surface area contributed by atoms with E-state index in [-0.39, 0.29) is 5.43 Å². The Labute approximate surface area is 118 Å². The summed E-state index contributed by atoms with van der Waals surface area (Å²) in [5.41, 5.74) is 2.13. The molecule has 0 amide bonds. The van der Waals surface area contributed by atoms with E-state index in [1.807, 2.05) is 25.1 Å². The monoisotopic (exact) mass is 278 g/mol. The third-order valence-corrected chi connectivity index (χ3v) is 3.43. The number of benzene rings is 1. The lowest BCUT2D eigenvalue weighted by molar-refractivity contribution is 0.452. The van der Waals surface area contributed by atoms with Crippen molar-refractivity contribution in [2.24, 2.45) is 0 Å². The van der Waals surface area contributed by atoms with Crippen molar-refractivity contribution in [3.8, 4) is 11.5 Å². The van der Waals surface area contributed by atoms with Crippen LogP contribution in [0.4, 0.5) is 0 Å². The van der Waals surface area contributed by atoms with E-state index in [9.17, 15) is 4.79 Å². The van der Waals surface area contributed by atoms with Crippen LogP contribution in [0.2, 0.25) is 0 Å². The summed E-state index contributed by atoms with van der Waals surface area (Å²) in [4.78, 5) is 16.6. The highest BCUT2D eigenvalue weighted by atomic mass is 16.5. The van der Waals surface area contributed by atoms with E-state index in [1.165, 1.54) is 6.07 Å². The normalized spacial score (nSPS) is 11.3. The fourth-order valence-electron chi connectivity index (χ4n) is 2.40. The van der Waals surface area contributed by atoms with Gasteiger partial charge in [0, 0.05) is 17.6 Å². The zero-order chi connectivity index (χ0) is 14.4. The van der Waals surface area contributed by atoms with E-state index in [4.69, 9.17) is 8.94 Å². The summed E-state index contributed by atoms with van der Waals surface area (Å²) in [7, 11) is 0. The quantitative estimate of drug-likeness (QED) is 0.534. The molecular formula is C16H10N2O3. The number of rotatable bonds is 1. The summed E-state index contributed by atoms with van der Waals surface area (Å²) >= 11 is 0. The van der Waals surface area contributed by atoms with Gasteiger partial charge in [0.05, 0.1) is 5.69 Å². The van der Waals surface area contributed by atoms with Gasteiger partial charge in [0.1, 0.15) is 16.7 Å². The van der Waals surface area contributed by atoms with Crippen LogP contribution in [0.3, 0.4) is 0 Å². The van der Waals surface area contributed by atoms with Gasteiger partial charge >= 0.3 is 0 Å². The lowest BCUT2D eigenvalue weighted by atomic mass is 10.1. The number of aromatic nitrogens is 2. The molecule has 0 bridgehead atoms. The van der Waals surface area contributed by atoms with Crippen molar-refractivity contribution >= 4 is 21.9 Å². The first kappa shape index (κ1) is 11.8. The molecule has 1 aromatic carbocycles. The van der Waals surface area contributed by atoms with E-state index >= 15 is 0 Å². The summed E-state index contributed by atoms with van der Waals surface area (Å²) in [5.74, 6) is 0.434. The van der Waals surface area contributed by atoms with E-state index in [2.05, 4.69) is 10.1 Å². The van der Waals surface area contributed by atoms with Crippen molar-refractivity contribution in [1.82, 2.24) is 10.1 Å². The molecule has 0 aliphatic carbocycles. The van der Waals surface area contributed by atoms with Gasteiger partial charge in [0.15, 0.2) is 16.8 Å². The molecule has 0 unspecified atom stereocenters. The molecule has 0 radical (unpaired) electrons. The van der Waals surface area contributed by atoms with Crippen LogP contribution in [-0.4, -0.2) is 10.1 Å². The zero-order valence-corrected chi connectivity index (χ0v) is 11.2. The molecule has 21 heavy (non-hydrogen) atoms. The minimum atomic E-state index is -0.168. The van der Waals surface area contributed by atoms with Crippen molar-refractivity contribution < 1.29 is 8.94 Å². The molecule has 0 aliphatic heterocycles. The summed E-state index contributed by atoms with van der Waals surface area (Å²) in [6.45, 7) is 1.83. The predicted octanol–water partition coefficient (Wildman–Crippen LogP) is 3.30. The summed E-state index contributed by atoms with van der Waals surface area (Å²) in [5, 5.41) is 5.13. The van der Waals surface area contributed by atoms with Crippen LogP contribution in [0.5, 0.6) is 0 Å². The van der Waals surface area contributed by atoms with Crippen molar-refractivity contribution in [3.63, 3.8) is 0 Å². The molecule has 0 aliphatic rings. The standard InChI is InChI=1S/C16H10N2O3/c1-9-10-5-6-13-15(16(10)21-18-9)12(19)8-14(20-13)11-4-2-3-7-17-11/h2-8H,1H3. The van der Waals surface area contributed by atoms with E-state index < -0.39 is 0 Å². The topological polar surface area (TPSA) is 69.1 Å². The van der Waals surface area contributed by atoms with Crippen molar-refractivity contribution in [1.29, 1.82) is 0 Å². The number of hydrogen-bond acceptors (Lipinski definition) is 5. The van der Waals surface area contributed by atoms with Gasteiger partial charge in [-0.25, -0.2) is 0 Å². The molecule has 0 atom stereocenters. The number of pyridine rings is 1. The van der Waals surface area contributed by atoms with Crippen LogP contribution in [0, 0.1) is 6.92 Å². The maximum atomic E-state index is 12.4. The van der Waals surface area contributed by atoms with Crippen LogP contribution in [0.15, 0.2) is 56.3 Å². The van der Waals surface area contributed by atoms with Crippen LogP contribution >= 0.6 is 0 Å². The molecule has 3 aromatic heterocycles. The minimum absolute atomic E-state index is 0.168. The Bertz CT molecular complexity index is 1020. The van der Waals surface area contributed by atoms with E-state index in [0.29, 0.717) is 28.0 Å². The average molecular weight is 278 g/mol. The molecule has 0 fully saturated rings. The number of aryl methyl sites for hydroxylation is 1. The SMILES string of the molecule is Cc1noc2c1ccc1oc(-c3ccccn3)cc(=O)c12. The Hall–Kier alpha value is -2.95.